The van der Waals surface area contributed by atoms with E-state index in [1.54, 1.807) is 0 Å². The van der Waals surface area contributed by atoms with Gasteiger partial charge in [0, 0.05) is 0 Å². The van der Waals surface area contributed by atoms with E-state index in [9.17, 15) is 8.42 Å². The van der Waals surface area contributed by atoms with Crippen molar-refractivity contribution in [1.29, 1.82) is 0 Å². The number of fused-ring (bicyclic) bond motifs is 4. The molecule has 3 aliphatic heterocycles. The zero-order valence-corrected chi connectivity index (χ0v) is 18.7. The molecule has 11 fully saturated rings. The second-order valence-corrected chi connectivity index (χ2v) is 14.1. The van der Waals surface area contributed by atoms with Crippen LogP contribution >= 0.6 is 0 Å². The maximum Gasteiger partial charge on any atom is 0.305 e. The second kappa shape index (κ2) is 5.12. The standard InChI is InChI=1S/C22H24O8S2/c23-31-27-19-11-3-1-4-8-7(3)15(19)25-16(8)20(12(4)11)28-32(24)30-22-14-6-2-5-9-10(6)18(22)26-17(9)21(29-31)13(5)14/h3-22H,1-2H2. The highest BCUT2D eigenvalue weighted by molar-refractivity contribution is 7.75. The topological polar surface area (TPSA) is 89.5 Å². The third kappa shape index (κ3) is 1.55. The SMILES string of the molecule is O=S1OC2C3OC4C(OS(=O)OC5C6OC7C(O1)C1C8CC(C6C87)C51)C1C5CC(C3C54)C21. The van der Waals surface area contributed by atoms with Gasteiger partial charge in [0.1, 0.15) is 24.4 Å². The molecule has 4 bridgehead atoms. The van der Waals surface area contributed by atoms with Gasteiger partial charge < -0.3 is 9.47 Å². The molecule has 0 aromatic heterocycles. The highest BCUT2D eigenvalue weighted by Crippen LogP contribution is 2.77. The molecule has 0 spiro atoms. The Morgan fingerprint density at radius 3 is 0.938 bits per heavy atom. The molecule has 8 nitrogen and oxygen atoms in total. The normalized spacial score (nSPS) is 80.4. The molecule has 0 N–H and O–H groups in total. The molecule has 8 saturated carbocycles. The molecule has 11 rings (SSSR count). The van der Waals surface area contributed by atoms with Gasteiger partial charge in [-0.05, 0) is 83.9 Å². The Bertz CT molecular complexity index is 887. The van der Waals surface area contributed by atoms with E-state index in [-0.39, 0.29) is 72.5 Å². The van der Waals surface area contributed by atoms with Gasteiger partial charge in [0.2, 0.25) is 0 Å². The summed E-state index contributed by atoms with van der Waals surface area (Å²) in [7, 11) is 0. The molecule has 32 heavy (non-hydrogen) atoms. The molecule has 0 amide bonds. The molecule has 3 heterocycles. The van der Waals surface area contributed by atoms with Gasteiger partial charge in [0.25, 0.3) is 0 Å². The quantitative estimate of drug-likeness (QED) is 0.496. The molecule has 20 unspecified atom stereocenters. The number of ether oxygens (including phenoxy) is 2. The smallest absolute Gasteiger partial charge is 0.305 e. The minimum Gasteiger partial charge on any atom is -0.369 e. The van der Waals surface area contributed by atoms with Gasteiger partial charge in [-0.1, -0.05) is 0 Å². The Labute approximate surface area is 190 Å². The minimum absolute atomic E-state index is 0.0452. The van der Waals surface area contributed by atoms with E-state index < -0.39 is 22.7 Å². The zero-order valence-electron chi connectivity index (χ0n) is 17.0. The Hall–Kier alpha value is 0.0600. The van der Waals surface area contributed by atoms with E-state index in [1.165, 1.54) is 12.8 Å². The van der Waals surface area contributed by atoms with Crippen LogP contribution in [0.1, 0.15) is 12.8 Å². The molecule has 0 aromatic carbocycles. The molecular weight excluding hydrogens is 456 g/mol. The summed E-state index contributed by atoms with van der Waals surface area (Å²) >= 11 is -3.65. The van der Waals surface area contributed by atoms with E-state index in [1.807, 2.05) is 0 Å². The fourth-order valence-electron chi connectivity index (χ4n) is 12.6. The summed E-state index contributed by atoms with van der Waals surface area (Å²) in [5.74, 6) is 4.95. The van der Waals surface area contributed by atoms with Gasteiger partial charge in [0.15, 0.2) is 0 Å². The third-order valence-electron chi connectivity index (χ3n) is 12.5. The highest BCUT2D eigenvalue weighted by Gasteiger charge is 2.82. The van der Waals surface area contributed by atoms with Crippen LogP contribution in [0.25, 0.3) is 0 Å². The summed E-state index contributed by atoms with van der Waals surface area (Å²) in [5.41, 5.74) is 0. The van der Waals surface area contributed by atoms with E-state index in [2.05, 4.69) is 0 Å². The molecule has 172 valence electrons. The van der Waals surface area contributed by atoms with Crippen molar-refractivity contribution in [3.63, 3.8) is 0 Å². The Morgan fingerprint density at radius 2 is 0.656 bits per heavy atom. The molecule has 0 aromatic rings. The van der Waals surface area contributed by atoms with Crippen molar-refractivity contribution in [2.75, 3.05) is 0 Å². The van der Waals surface area contributed by atoms with Crippen LogP contribution in [0.5, 0.6) is 0 Å². The van der Waals surface area contributed by atoms with Crippen LogP contribution in [0.2, 0.25) is 0 Å². The average Bonchev–Trinajstić information content (AvgIpc) is 3.53. The van der Waals surface area contributed by atoms with E-state index >= 15 is 0 Å². The lowest BCUT2D eigenvalue weighted by atomic mass is 9.79. The Balaban J connectivity index is 1.05. The first-order chi connectivity index (χ1) is 15.7. The number of hydrogen-bond acceptors (Lipinski definition) is 8. The average molecular weight is 481 g/mol. The largest absolute Gasteiger partial charge is 0.369 e. The van der Waals surface area contributed by atoms with E-state index in [0.717, 1.165) is 0 Å². The number of rotatable bonds is 0. The molecular formula is C22H24O8S2. The first-order valence-electron chi connectivity index (χ1n) is 12.5. The third-order valence-corrected chi connectivity index (χ3v) is 14.1. The van der Waals surface area contributed by atoms with Crippen LogP contribution in [-0.2, 0) is 48.9 Å². The van der Waals surface area contributed by atoms with Crippen molar-refractivity contribution in [3.05, 3.63) is 0 Å². The number of hydrogen-bond donors (Lipinski definition) is 0. The molecule has 3 saturated heterocycles. The van der Waals surface area contributed by atoms with Gasteiger partial charge >= 0.3 is 22.7 Å². The fourth-order valence-corrected chi connectivity index (χ4v) is 14.3. The van der Waals surface area contributed by atoms with Crippen molar-refractivity contribution in [2.45, 2.75) is 61.7 Å². The molecule has 10 heteroatoms. The van der Waals surface area contributed by atoms with Gasteiger partial charge in [0.05, 0.1) is 24.4 Å². The fraction of sp³-hybridized carbons (Fsp3) is 1.00. The summed E-state index contributed by atoms with van der Waals surface area (Å²) in [6.07, 6.45) is 1.25. The van der Waals surface area contributed by atoms with Gasteiger partial charge in [-0.25, -0.2) is 0 Å². The van der Waals surface area contributed by atoms with Crippen molar-refractivity contribution < 1.29 is 34.6 Å². The van der Waals surface area contributed by atoms with Crippen LogP contribution in [0.4, 0.5) is 0 Å². The lowest BCUT2D eigenvalue weighted by molar-refractivity contribution is -0.0586. The predicted octanol–water partition coefficient (Wildman–Crippen LogP) is 0.516. The minimum atomic E-state index is -1.83. The lowest BCUT2D eigenvalue weighted by Crippen LogP contribution is -2.40. The van der Waals surface area contributed by atoms with Crippen LogP contribution in [0.15, 0.2) is 0 Å². The van der Waals surface area contributed by atoms with Crippen LogP contribution in [-0.4, -0.2) is 57.2 Å². The maximum atomic E-state index is 13.3. The maximum absolute atomic E-state index is 13.3. The summed E-state index contributed by atoms with van der Waals surface area (Å²) < 4.78 is 64.6. The first-order valence-corrected chi connectivity index (χ1v) is 14.5. The summed E-state index contributed by atoms with van der Waals surface area (Å²) in [6, 6.07) is 0. The highest BCUT2D eigenvalue weighted by atomic mass is 32.2. The monoisotopic (exact) mass is 480 g/mol. The van der Waals surface area contributed by atoms with Crippen LogP contribution in [0, 0.1) is 71.0 Å². The molecule has 0 radical (unpaired) electrons. The first kappa shape index (κ1) is 17.5. The molecule has 20 atom stereocenters. The molecule has 11 aliphatic rings. The second-order valence-electron chi connectivity index (χ2n) is 12.5. The Kier molecular flexibility index (Phi) is 2.80. The Morgan fingerprint density at radius 1 is 0.406 bits per heavy atom. The van der Waals surface area contributed by atoms with Crippen molar-refractivity contribution >= 4 is 22.7 Å². The van der Waals surface area contributed by atoms with Gasteiger partial charge in [-0.3, -0.25) is 16.7 Å². The van der Waals surface area contributed by atoms with Crippen LogP contribution < -0.4 is 0 Å². The summed E-state index contributed by atoms with van der Waals surface area (Å²) in [4.78, 5) is 0. The lowest BCUT2D eigenvalue weighted by Gasteiger charge is -2.31. The van der Waals surface area contributed by atoms with E-state index in [0.29, 0.717) is 47.3 Å². The van der Waals surface area contributed by atoms with E-state index in [4.69, 9.17) is 26.2 Å². The predicted molar refractivity (Wildman–Crippen MR) is 104 cm³/mol. The van der Waals surface area contributed by atoms with Gasteiger partial charge in [-0.2, -0.15) is 8.42 Å². The van der Waals surface area contributed by atoms with Crippen molar-refractivity contribution in [3.8, 4) is 0 Å². The van der Waals surface area contributed by atoms with Crippen molar-refractivity contribution in [1.82, 2.24) is 0 Å². The summed E-state index contributed by atoms with van der Waals surface area (Å²) in [5, 5.41) is 0. The van der Waals surface area contributed by atoms with Crippen LogP contribution in [0.3, 0.4) is 0 Å². The van der Waals surface area contributed by atoms with Gasteiger partial charge in [-0.15, -0.1) is 0 Å². The summed E-state index contributed by atoms with van der Waals surface area (Å²) in [6.45, 7) is 0. The molecule has 8 aliphatic carbocycles. The zero-order chi connectivity index (χ0) is 20.4. The van der Waals surface area contributed by atoms with Crippen molar-refractivity contribution in [2.24, 2.45) is 71.0 Å².